The first-order chi connectivity index (χ1) is 17.7. The third kappa shape index (κ3) is 3.66. The fourth-order valence-corrected chi connectivity index (χ4v) is 5.74. The van der Waals surface area contributed by atoms with E-state index in [1.165, 1.54) is 9.80 Å². The Morgan fingerprint density at radius 3 is 2.70 bits per heavy atom. The van der Waals surface area contributed by atoms with Crippen LogP contribution in [-0.4, -0.2) is 72.3 Å². The van der Waals surface area contributed by atoms with Crippen molar-refractivity contribution in [2.75, 3.05) is 38.6 Å². The minimum atomic E-state index is -1.76. The van der Waals surface area contributed by atoms with Crippen molar-refractivity contribution in [3.05, 3.63) is 77.4 Å². The van der Waals surface area contributed by atoms with Gasteiger partial charge in [-0.3, -0.25) is 14.4 Å². The number of para-hydroxylation sites is 1. The van der Waals surface area contributed by atoms with E-state index in [1.54, 1.807) is 48.5 Å². The van der Waals surface area contributed by atoms with Gasteiger partial charge >= 0.3 is 0 Å². The molecule has 1 spiro atoms. The lowest BCUT2D eigenvalue weighted by molar-refractivity contribution is -0.143. The van der Waals surface area contributed by atoms with E-state index in [0.29, 0.717) is 36.2 Å². The molecule has 1 saturated heterocycles. The second-order valence-corrected chi connectivity index (χ2v) is 10.1. The van der Waals surface area contributed by atoms with E-state index >= 15 is 0 Å². The molecule has 0 bridgehead atoms. The summed E-state index contributed by atoms with van der Waals surface area (Å²) in [5.41, 5.74) is 0.414. The van der Waals surface area contributed by atoms with E-state index in [-0.39, 0.29) is 30.5 Å². The van der Waals surface area contributed by atoms with Crippen LogP contribution in [0.4, 0.5) is 5.69 Å². The van der Waals surface area contributed by atoms with Crippen LogP contribution in [0.15, 0.2) is 60.7 Å². The van der Waals surface area contributed by atoms with Gasteiger partial charge in [-0.1, -0.05) is 24.3 Å². The SMILES string of the molecule is C=CCN1C(=O)C2(/C(=C(/O)c3ccc4c(c3)CC(C)O4)C(=O)C(=O)N2CCCN(C)C)c2ccccc21. The van der Waals surface area contributed by atoms with Gasteiger partial charge in [0.1, 0.15) is 17.6 Å². The summed E-state index contributed by atoms with van der Waals surface area (Å²) in [7, 11) is 3.84. The summed E-state index contributed by atoms with van der Waals surface area (Å²) in [6, 6.07) is 12.3. The molecule has 0 aromatic heterocycles. The molecule has 0 saturated carbocycles. The van der Waals surface area contributed by atoms with Gasteiger partial charge in [-0.25, -0.2) is 0 Å². The number of amides is 2. The Labute approximate surface area is 216 Å². The molecule has 3 heterocycles. The Bertz CT molecular complexity index is 1350. The molecule has 37 heavy (non-hydrogen) atoms. The first kappa shape index (κ1) is 24.8. The normalized spacial score (nSPS) is 23.7. The highest BCUT2D eigenvalue weighted by atomic mass is 16.5. The molecule has 8 heteroatoms. The standard InChI is InChI=1S/C29H31N3O5/c1-5-13-31-22-10-7-6-9-21(22)29(28(31)36)24(26(34)27(35)32(29)15-8-14-30(3)4)25(33)19-11-12-23-20(17-19)16-18(2)37-23/h5-7,9-12,17-18,33H,1,8,13-16H2,2-4H3/b25-24+. The number of carbonyl (C=O) groups is 3. The molecule has 2 aromatic carbocycles. The molecule has 2 aromatic rings. The molecule has 1 N–H and O–H groups in total. The lowest BCUT2D eigenvalue weighted by Gasteiger charge is -2.34. The maximum absolute atomic E-state index is 14.3. The Balaban J connectivity index is 1.74. The van der Waals surface area contributed by atoms with Gasteiger partial charge in [0.25, 0.3) is 17.6 Å². The van der Waals surface area contributed by atoms with Crippen molar-refractivity contribution >= 4 is 29.0 Å². The third-order valence-electron chi connectivity index (χ3n) is 7.28. The maximum atomic E-state index is 14.3. The van der Waals surface area contributed by atoms with Crippen molar-refractivity contribution in [3.8, 4) is 5.75 Å². The van der Waals surface area contributed by atoms with E-state index in [9.17, 15) is 19.5 Å². The summed E-state index contributed by atoms with van der Waals surface area (Å²) >= 11 is 0. The van der Waals surface area contributed by atoms with E-state index in [0.717, 1.165) is 11.3 Å². The fraction of sp³-hybridized carbons (Fsp3) is 0.345. The average Bonchev–Trinajstić information content (AvgIpc) is 3.44. The lowest BCUT2D eigenvalue weighted by atomic mass is 9.81. The van der Waals surface area contributed by atoms with Gasteiger partial charge in [0.2, 0.25) is 0 Å². The number of likely N-dealkylation sites (tertiary alicyclic amines) is 1. The smallest absolute Gasteiger partial charge is 0.296 e. The van der Waals surface area contributed by atoms with E-state index in [1.807, 2.05) is 25.9 Å². The average molecular weight is 502 g/mol. The molecule has 5 rings (SSSR count). The second kappa shape index (κ2) is 9.19. The summed E-state index contributed by atoms with van der Waals surface area (Å²) in [4.78, 5) is 46.4. The monoisotopic (exact) mass is 501 g/mol. The molecule has 2 amide bonds. The number of rotatable bonds is 7. The van der Waals surface area contributed by atoms with Crippen molar-refractivity contribution in [3.63, 3.8) is 0 Å². The summed E-state index contributed by atoms with van der Waals surface area (Å²) in [6.45, 7) is 6.78. The second-order valence-electron chi connectivity index (χ2n) is 10.1. The predicted octanol–water partition coefficient (Wildman–Crippen LogP) is 3.07. The number of ketones is 1. The van der Waals surface area contributed by atoms with Gasteiger partial charge in [0.15, 0.2) is 5.54 Å². The molecule has 8 nitrogen and oxygen atoms in total. The summed E-state index contributed by atoms with van der Waals surface area (Å²) in [6.07, 6.45) is 2.82. The number of fused-ring (bicyclic) bond motifs is 3. The molecule has 192 valence electrons. The van der Waals surface area contributed by atoms with Crippen LogP contribution in [0.5, 0.6) is 5.75 Å². The first-order valence-corrected chi connectivity index (χ1v) is 12.5. The minimum absolute atomic E-state index is 0.00372. The van der Waals surface area contributed by atoms with Gasteiger partial charge in [-0.05, 0) is 63.8 Å². The molecule has 1 fully saturated rings. The number of aliphatic hydroxyl groups is 1. The van der Waals surface area contributed by atoms with Crippen molar-refractivity contribution in [1.29, 1.82) is 0 Å². The van der Waals surface area contributed by atoms with Gasteiger partial charge in [0, 0.05) is 30.6 Å². The minimum Gasteiger partial charge on any atom is -0.507 e. The van der Waals surface area contributed by atoms with Gasteiger partial charge < -0.3 is 24.5 Å². The molecule has 0 aliphatic carbocycles. The highest BCUT2D eigenvalue weighted by Crippen LogP contribution is 2.53. The number of carbonyl (C=O) groups excluding carboxylic acids is 3. The van der Waals surface area contributed by atoms with Gasteiger partial charge in [0.05, 0.1) is 11.3 Å². The Morgan fingerprint density at radius 1 is 1.22 bits per heavy atom. The molecule has 2 unspecified atom stereocenters. The van der Waals surface area contributed by atoms with Crippen LogP contribution in [0.3, 0.4) is 0 Å². The Hall–Kier alpha value is -3.91. The molecule has 3 aliphatic heterocycles. The van der Waals surface area contributed by atoms with Crippen molar-refractivity contribution in [1.82, 2.24) is 9.80 Å². The number of hydrogen-bond donors (Lipinski definition) is 1. The highest BCUT2D eigenvalue weighted by molar-refractivity contribution is 6.50. The maximum Gasteiger partial charge on any atom is 0.296 e. The molecular formula is C29H31N3O5. The quantitative estimate of drug-likeness (QED) is 0.272. The highest BCUT2D eigenvalue weighted by Gasteiger charge is 2.66. The number of hydrogen-bond acceptors (Lipinski definition) is 6. The summed E-state index contributed by atoms with van der Waals surface area (Å²) in [5.74, 6) is -1.74. The number of nitrogens with zero attached hydrogens (tertiary/aromatic N) is 3. The molecule has 3 aliphatic rings. The summed E-state index contributed by atoms with van der Waals surface area (Å²) < 4.78 is 5.78. The Morgan fingerprint density at radius 2 is 1.97 bits per heavy atom. The van der Waals surface area contributed by atoms with Gasteiger partial charge in [-0.15, -0.1) is 6.58 Å². The fourth-order valence-electron chi connectivity index (χ4n) is 5.74. The topological polar surface area (TPSA) is 90.4 Å². The van der Waals surface area contributed by atoms with Crippen LogP contribution < -0.4 is 9.64 Å². The first-order valence-electron chi connectivity index (χ1n) is 12.5. The van der Waals surface area contributed by atoms with Crippen LogP contribution in [-0.2, 0) is 26.3 Å². The van der Waals surface area contributed by atoms with E-state index in [4.69, 9.17) is 4.74 Å². The van der Waals surface area contributed by atoms with Crippen molar-refractivity contribution in [2.45, 2.75) is 31.4 Å². The largest absolute Gasteiger partial charge is 0.507 e. The van der Waals surface area contributed by atoms with Crippen LogP contribution in [0.25, 0.3) is 5.76 Å². The van der Waals surface area contributed by atoms with Crippen LogP contribution in [0.2, 0.25) is 0 Å². The molecular weight excluding hydrogens is 470 g/mol. The van der Waals surface area contributed by atoms with Crippen LogP contribution >= 0.6 is 0 Å². The number of aliphatic hydroxyl groups excluding tert-OH is 1. The van der Waals surface area contributed by atoms with Crippen molar-refractivity contribution in [2.24, 2.45) is 0 Å². The van der Waals surface area contributed by atoms with Crippen LogP contribution in [0, 0.1) is 0 Å². The van der Waals surface area contributed by atoms with Crippen molar-refractivity contribution < 1.29 is 24.2 Å². The lowest BCUT2D eigenvalue weighted by Crippen LogP contribution is -2.52. The zero-order valence-electron chi connectivity index (χ0n) is 21.4. The number of benzene rings is 2. The number of ether oxygens (including phenoxy) is 1. The predicted molar refractivity (Wildman–Crippen MR) is 140 cm³/mol. The van der Waals surface area contributed by atoms with E-state index < -0.39 is 23.1 Å². The summed E-state index contributed by atoms with van der Waals surface area (Å²) in [5, 5.41) is 11.7. The van der Waals surface area contributed by atoms with Crippen LogP contribution in [0.1, 0.15) is 30.0 Å². The molecule has 2 atom stereocenters. The zero-order chi connectivity index (χ0) is 26.5. The number of anilines is 1. The van der Waals surface area contributed by atoms with Gasteiger partial charge in [-0.2, -0.15) is 0 Å². The Kier molecular flexibility index (Phi) is 6.15. The zero-order valence-corrected chi connectivity index (χ0v) is 21.4. The number of Topliss-reactive ketones (excluding diaryl/α,β-unsaturated/α-hetero) is 1. The van der Waals surface area contributed by atoms with E-state index in [2.05, 4.69) is 6.58 Å². The third-order valence-corrected chi connectivity index (χ3v) is 7.28. The molecule has 0 radical (unpaired) electrons.